The Morgan fingerprint density at radius 3 is 2.69 bits per heavy atom. The van der Waals surface area contributed by atoms with Gasteiger partial charge in [-0.3, -0.25) is 0 Å². The number of nitriles is 1. The van der Waals surface area contributed by atoms with Gasteiger partial charge in [-0.15, -0.1) is 0 Å². The fraction of sp³-hybridized carbons (Fsp3) is 0.273. The van der Waals surface area contributed by atoms with Crippen LogP contribution in [0, 0.1) is 17.2 Å². The second kappa shape index (κ2) is 5.99. The van der Waals surface area contributed by atoms with Gasteiger partial charge in [0.1, 0.15) is 0 Å². The lowest BCUT2D eigenvalue weighted by Crippen LogP contribution is -2.31. The number of amides is 2. The van der Waals surface area contributed by atoms with E-state index in [2.05, 4.69) is 10.6 Å². The van der Waals surface area contributed by atoms with Gasteiger partial charge in [-0.05, 0) is 31.2 Å². The van der Waals surface area contributed by atoms with Crippen molar-refractivity contribution in [2.75, 3.05) is 11.9 Å². The summed E-state index contributed by atoms with van der Waals surface area (Å²) in [7, 11) is 0. The van der Waals surface area contributed by atoms with E-state index >= 15 is 0 Å². The zero-order valence-electron chi connectivity index (χ0n) is 8.83. The molecule has 1 unspecified atom stereocenters. The largest absolute Gasteiger partial charge is 0.337 e. The Kier molecular flexibility index (Phi) is 4.62. The normalized spacial score (nSPS) is 11.3. The minimum atomic E-state index is -0.329. The number of anilines is 1. The highest BCUT2D eigenvalue weighted by molar-refractivity contribution is 6.30. The fourth-order valence-electron chi connectivity index (χ4n) is 1.000. The van der Waals surface area contributed by atoms with Crippen molar-refractivity contribution in [3.8, 4) is 6.07 Å². The lowest BCUT2D eigenvalue weighted by molar-refractivity contribution is 0.251. The van der Waals surface area contributed by atoms with Gasteiger partial charge in [-0.2, -0.15) is 5.26 Å². The van der Waals surface area contributed by atoms with Gasteiger partial charge >= 0.3 is 6.03 Å². The Balaban J connectivity index is 2.40. The number of urea groups is 1. The molecule has 5 heteroatoms. The lowest BCUT2D eigenvalue weighted by atomic mass is 10.2. The summed E-state index contributed by atoms with van der Waals surface area (Å²) in [6, 6.07) is 8.49. The molecular formula is C11H12ClN3O. The third-order valence-corrected chi connectivity index (χ3v) is 2.14. The monoisotopic (exact) mass is 237 g/mol. The minimum absolute atomic E-state index is 0.198. The standard InChI is InChI=1S/C11H12ClN3O/c1-8(6-13)7-14-11(16)15-10-4-2-9(12)3-5-10/h2-5,8H,7H2,1H3,(H2,14,15,16). The maximum Gasteiger partial charge on any atom is 0.319 e. The molecule has 0 spiro atoms. The van der Waals surface area contributed by atoms with Gasteiger partial charge in [-0.1, -0.05) is 11.6 Å². The zero-order valence-corrected chi connectivity index (χ0v) is 9.58. The van der Waals surface area contributed by atoms with Gasteiger partial charge in [-0.25, -0.2) is 4.79 Å². The number of benzene rings is 1. The predicted octanol–water partition coefficient (Wildman–Crippen LogP) is 2.62. The Labute approximate surface area is 99.2 Å². The Morgan fingerprint density at radius 1 is 1.50 bits per heavy atom. The van der Waals surface area contributed by atoms with Crippen LogP contribution in [0.2, 0.25) is 5.02 Å². The number of carbonyl (C=O) groups excluding carboxylic acids is 1. The van der Waals surface area contributed by atoms with Crippen molar-refractivity contribution in [2.24, 2.45) is 5.92 Å². The van der Waals surface area contributed by atoms with Crippen molar-refractivity contribution in [3.05, 3.63) is 29.3 Å². The van der Waals surface area contributed by atoms with Crippen molar-refractivity contribution in [1.82, 2.24) is 5.32 Å². The van der Waals surface area contributed by atoms with Crippen LogP contribution >= 0.6 is 11.6 Å². The molecule has 0 heterocycles. The van der Waals surface area contributed by atoms with E-state index in [-0.39, 0.29) is 11.9 Å². The summed E-state index contributed by atoms with van der Waals surface area (Å²) >= 11 is 5.71. The third kappa shape index (κ3) is 4.20. The number of halogens is 1. The summed E-state index contributed by atoms with van der Waals surface area (Å²) in [6.45, 7) is 2.07. The predicted molar refractivity (Wildman–Crippen MR) is 63.3 cm³/mol. The van der Waals surface area contributed by atoms with Gasteiger partial charge in [0.2, 0.25) is 0 Å². The fourth-order valence-corrected chi connectivity index (χ4v) is 1.13. The molecule has 0 radical (unpaired) electrons. The molecule has 1 atom stereocenters. The summed E-state index contributed by atoms with van der Waals surface area (Å²) in [4.78, 5) is 11.4. The molecule has 0 saturated carbocycles. The smallest absolute Gasteiger partial charge is 0.319 e. The summed E-state index contributed by atoms with van der Waals surface area (Å²) in [5, 5.41) is 14.4. The van der Waals surface area contributed by atoms with E-state index in [1.54, 1.807) is 31.2 Å². The Bertz CT molecular complexity index is 397. The highest BCUT2D eigenvalue weighted by Crippen LogP contribution is 2.12. The second-order valence-corrected chi connectivity index (χ2v) is 3.81. The maximum atomic E-state index is 11.4. The molecule has 1 aromatic carbocycles. The molecule has 84 valence electrons. The first-order valence-corrected chi connectivity index (χ1v) is 5.19. The zero-order chi connectivity index (χ0) is 12.0. The van der Waals surface area contributed by atoms with Crippen LogP contribution in [0.15, 0.2) is 24.3 Å². The lowest BCUT2D eigenvalue weighted by Gasteiger charge is -2.08. The van der Waals surface area contributed by atoms with Crippen molar-refractivity contribution >= 4 is 23.3 Å². The first kappa shape index (κ1) is 12.3. The van der Waals surface area contributed by atoms with Crippen LogP contribution in [0.3, 0.4) is 0 Å². The van der Waals surface area contributed by atoms with Crippen LogP contribution in [0.1, 0.15) is 6.92 Å². The van der Waals surface area contributed by atoms with Crippen LogP contribution in [0.4, 0.5) is 10.5 Å². The molecule has 4 nitrogen and oxygen atoms in total. The molecule has 1 rings (SSSR count). The molecule has 2 amide bonds. The number of nitrogens with zero attached hydrogens (tertiary/aromatic N) is 1. The van der Waals surface area contributed by atoms with Crippen LogP contribution in [0.5, 0.6) is 0 Å². The van der Waals surface area contributed by atoms with Crippen LogP contribution in [0.25, 0.3) is 0 Å². The average molecular weight is 238 g/mol. The van der Waals surface area contributed by atoms with E-state index in [0.29, 0.717) is 17.3 Å². The number of carbonyl (C=O) groups is 1. The number of rotatable bonds is 3. The van der Waals surface area contributed by atoms with E-state index in [1.807, 2.05) is 6.07 Å². The molecule has 1 aromatic rings. The summed E-state index contributed by atoms with van der Waals surface area (Å²) < 4.78 is 0. The third-order valence-electron chi connectivity index (χ3n) is 1.89. The first-order chi connectivity index (χ1) is 7.61. The summed E-state index contributed by atoms with van der Waals surface area (Å²) in [5.41, 5.74) is 0.659. The van der Waals surface area contributed by atoms with Crippen molar-refractivity contribution in [1.29, 1.82) is 5.26 Å². The molecule has 0 bridgehead atoms. The number of hydrogen-bond donors (Lipinski definition) is 2. The van der Waals surface area contributed by atoms with Gasteiger partial charge in [0, 0.05) is 17.3 Å². The van der Waals surface area contributed by atoms with Gasteiger partial charge in [0.25, 0.3) is 0 Å². The highest BCUT2D eigenvalue weighted by atomic mass is 35.5. The molecule has 2 N–H and O–H groups in total. The van der Waals surface area contributed by atoms with Crippen LogP contribution in [-0.4, -0.2) is 12.6 Å². The molecule has 16 heavy (non-hydrogen) atoms. The quantitative estimate of drug-likeness (QED) is 0.849. The molecule has 0 aliphatic rings. The van der Waals surface area contributed by atoms with E-state index in [9.17, 15) is 4.79 Å². The Hall–Kier alpha value is -1.73. The summed E-state index contributed by atoms with van der Waals surface area (Å²) in [5.74, 6) is -0.198. The molecule has 0 aromatic heterocycles. The molecule has 0 aliphatic heterocycles. The van der Waals surface area contributed by atoms with E-state index in [4.69, 9.17) is 16.9 Å². The average Bonchev–Trinajstić information content (AvgIpc) is 2.29. The summed E-state index contributed by atoms with van der Waals surface area (Å²) in [6.07, 6.45) is 0. The SMILES string of the molecule is CC(C#N)CNC(=O)Nc1ccc(Cl)cc1. The van der Waals surface area contributed by atoms with Gasteiger partial charge in [0.15, 0.2) is 0 Å². The van der Waals surface area contributed by atoms with Crippen LogP contribution in [-0.2, 0) is 0 Å². The van der Waals surface area contributed by atoms with Crippen molar-refractivity contribution in [3.63, 3.8) is 0 Å². The van der Waals surface area contributed by atoms with Crippen molar-refractivity contribution in [2.45, 2.75) is 6.92 Å². The molecule has 0 aliphatic carbocycles. The maximum absolute atomic E-state index is 11.4. The molecule has 0 fully saturated rings. The van der Waals surface area contributed by atoms with Gasteiger partial charge < -0.3 is 10.6 Å². The van der Waals surface area contributed by atoms with E-state index in [1.165, 1.54) is 0 Å². The second-order valence-electron chi connectivity index (χ2n) is 3.37. The van der Waals surface area contributed by atoms with E-state index in [0.717, 1.165) is 0 Å². The first-order valence-electron chi connectivity index (χ1n) is 4.82. The van der Waals surface area contributed by atoms with Gasteiger partial charge in [0.05, 0.1) is 12.0 Å². The number of nitrogens with one attached hydrogen (secondary N) is 2. The van der Waals surface area contributed by atoms with E-state index < -0.39 is 0 Å². The Morgan fingerprint density at radius 2 is 2.12 bits per heavy atom. The highest BCUT2D eigenvalue weighted by Gasteiger charge is 2.04. The molecular weight excluding hydrogens is 226 g/mol. The minimum Gasteiger partial charge on any atom is -0.337 e. The topological polar surface area (TPSA) is 64.9 Å². The van der Waals surface area contributed by atoms with Crippen molar-refractivity contribution < 1.29 is 4.79 Å². The van der Waals surface area contributed by atoms with Crippen LogP contribution < -0.4 is 10.6 Å². The molecule has 0 saturated heterocycles. The number of hydrogen-bond acceptors (Lipinski definition) is 2.